The third kappa shape index (κ3) is 2.25. The van der Waals surface area contributed by atoms with Gasteiger partial charge in [0, 0.05) is 13.0 Å². The van der Waals surface area contributed by atoms with Gasteiger partial charge in [0.25, 0.3) is 0 Å². The van der Waals surface area contributed by atoms with Gasteiger partial charge in [-0.15, -0.1) is 0 Å². The Kier molecular flexibility index (Phi) is 3.89. The van der Waals surface area contributed by atoms with Crippen LogP contribution in [0.4, 0.5) is 0 Å². The lowest BCUT2D eigenvalue weighted by atomic mass is 9.96. The zero-order valence-corrected chi connectivity index (χ0v) is 9.01. The summed E-state index contributed by atoms with van der Waals surface area (Å²) in [6.07, 6.45) is 2.61. The van der Waals surface area contributed by atoms with E-state index in [0.29, 0.717) is 13.0 Å². The van der Waals surface area contributed by atoms with E-state index in [1.54, 1.807) is 0 Å². The summed E-state index contributed by atoms with van der Waals surface area (Å²) in [6, 6.07) is 0. The van der Waals surface area contributed by atoms with Crippen LogP contribution >= 0.6 is 0 Å². The van der Waals surface area contributed by atoms with Crippen molar-refractivity contribution < 1.29 is 9.53 Å². The highest BCUT2D eigenvalue weighted by Gasteiger charge is 2.43. The number of ether oxygens (including phenoxy) is 1. The first-order valence-corrected chi connectivity index (χ1v) is 5.31. The molecule has 0 aromatic rings. The SMILES string of the molecule is CCNC1(C(N)=O)CCC(OCC)C1. The molecule has 2 unspecified atom stereocenters. The maximum atomic E-state index is 11.4. The normalized spacial score (nSPS) is 32.0. The molecule has 1 aliphatic carbocycles. The van der Waals surface area contributed by atoms with Gasteiger partial charge in [-0.1, -0.05) is 6.92 Å². The maximum Gasteiger partial charge on any atom is 0.237 e. The number of nitrogens with two attached hydrogens (primary N) is 1. The van der Waals surface area contributed by atoms with Crippen LogP contribution in [0.3, 0.4) is 0 Å². The Balaban J connectivity index is 2.59. The molecule has 1 fully saturated rings. The number of amides is 1. The van der Waals surface area contributed by atoms with Crippen LogP contribution in [0, 0.1) is 0 Å². The van der Waals surface area contributed by atoms with E-state index in [0.717, 1.165) is 19.4 Å². The number of carbonyl (C=O) groups excluding carboxylic acids is 1. The summed E-state index contributed by atoms with van der Waals surface area (Å²) in [6.45, 7) is 5.42. The van der Waals surface area contributed by atoms with Crippen molar-refractivity contribution in [1.29, 1.82) is 0 Å². The van der Waals surface area contributed by atoms with E-state index in [1.807, 2.05) is 13.8 Å². The smallest absolute Gasteiger partial charge is 0.237 e. The van der Waals surface area contributed by atoms with Gasteiger partial charge in [0.2, 0.25) is 5.91 Å². The van der Waals surface area contributed by atoms with Gasteiger partial charge in [-0.25, -0.2) is 0 Å². The summed E-state index contributed by atoms with van der Waals surface area (Å²) in [4.78, 5) is 11.4. The Bertz CT molecular complexity index is 208. The predicted molar refractivity (Wildman–Crippen MR) is 54.9 cm³/mol. The predicted octanol–water partition coefficient (Wildman–Crippen LogP) is 0.409. The summed E-state index contributed by atoms with van der Waals surface area (Å²) in [5.41, 5.74) is 4.90. The first-order chi connectivity index (χ1) is 6.64. The van der Waals surface area contributed by atoms with Crippen molar-refractivity contribution in [2.75, 3.05) is 13.2 Å². The minimum Gasteiger partial charge on any atom is -0.378 e. The second-order valence-corrected chi connectivity index (χ2v) is 3.80. The summed E-state index contributed by atoms with van der Waals surface area (Å²) >= 11 is 0. The number of hydrogen-bond acceptors (Lipinski definition) is 3. The van der Waals surface area contributed by atoms with Gasteiger partial charge in [0.1, 0.15) is 5.54 Å². The van der Waals surface area contributed by atoms with Crippen LogP contribution in [0.1, 0.15) is 33.1 Å². The summed E-state index contributed by atoms with van der Waals surface area (Å²) in [5.74, 6) is -0.249. The molecule has 1 rings (SSSR count). The van der Waals surface area contributed by atoms with E-state index >= 15 is 0 Å². The quantitative estimate of drug-likeness (QED) is 0.675. The van der Waals surface area contributed by atoms with Crippen molar-refractivity contribution in [3.63, 3.8) is 0 Å². The minimum atomic E-state index is -0.519. The van der Waals surface area contributed by atoms with Gasteiger partial charge in [-0.2, -0.15) is 0 Å². The number of primary amides is 1. The van der Waals surface area contributed by atoms with Gasteiger partial charge in [0.15, 0.2) is 0 Å². The van der Waals surface area contributed by atoms with Gasteiger partial charge in [-0.05, 0) is 26.3 Å². The molecule has 0 aliphatic heterocycles. The zero-order chi connectivity index (χ0) is 10.6. The van der Waals surface area contributed by atoms with E-state index in [4.69, 9.17) is 10.5 Å². The number of likely N-dealkylation sites (N-methyl/N-ethyl adjacent to an activating group) is 1. The minimum absolute atomic E-state index is 0.187. The topological polar surface area (TPSA) is 64.3 Å². The first-order valence-electron chi connectivity index (χ1n) is 5.31. The van der Waals surface area contributed by atoms with Gasteiger partial charge in [-0.3, -0.25) is 4.79 Å². The molecule has 0 radical (unpaired) electrons. The molecular weight excluding hydrogens is 180 g/mol. The van der Waals surface area contributed by atoms with E-state index in [1.165, 1.54) is 0 Å². The van der Waals surface area contributed by atoms with Crippen LogP contribution in [-0.4, -0.2) is 30.7 Å². The lowest BCUT2D eigenvalue weighted by Gasteiger charge is -2.26. The van der Waals surface area contributed by atoms with E-state index < -0.39 is 5.54 Å². The lowest BCUT2D eigenvalue weighted by molar-refractivity contribution is -0.124. The Labute approximate surface area is 85.2 Å². The van der Waals surface area contributed by atoms with Crippen LogP contribution in [-0.2, 0) is 9.53 Å². The van der Waals surface area contributed by atoms with E-state index in [9.17, 15) is 4.79 Å². The van der Waals surface area contributed by atoms with E-state index in [-0.39, 0.29) is 12.0 Å². The number of rotatable bonds is 5. The fraction of sp³-hybridized carbons (Fsp3) is 0.900. The van der Waals surface area contributed by atoms with Gasteiger partial charge < -0.3 is 15.8 Å². The van der Waals surface area contributed by atoms with Crippen molar-refractivity contribution >= 4 is 5.91 Å². The highest BCUT2D eigenvalue weighted by molar-refractivity contribution is 5.85. The molecule has 0 aromatic carbocycles. The van der Waals surface area contributed by atoms with Crippen molar-refractivity contribution in [2.45, 2.75) is 44.8 Å². The van der Waals surface area contributed by atoms with Crippen molar-refractivity contribution in [2.24, 2.45) is 5.73 Å². The first kappa shape index (κ1) is 11.5. The summed E-state index contributed by atoms with van der Waals surface area (Å²) in [5, 5.41) is 3.19. The molecule has 4 heteroatoms. The zero-order valence-electron chi connectivity index (χ0n) is 9.01. The summed E-state index contributed by atoms with van der Waals surface area (Å²) in [7, 11) is 0. The molecule has 82 valence electrons. The molecule has 1 aliphatic rings. The standard InChI is InChI=1S/C10H20N2O2/c1-3-12-10(9(11)13)6-5-8(7-10)14-4-2/h8,12H,3-7H2,1-2H3,(H2,11,13). The molecule has 3 N–H and O–H groups in total. The Morgan fingerprint density at radius 1 is 1.64 bits per heavy atom. The van der Waals surface area contributed by atoms with Crippen LogP contribution < -0.4 is 11.1 Å². The maximum absolute atomic E-state index is 11.4. The highest BCUT2D eigenvalue weighted by atomic mass is 16.5. The van der Waals surface area contributed by atoms with Crippen LogP contribution in [0.25, 0.3) is 0 Å². The molecule has 0 saturated heterocycles. The average Bonchev–Trinajstić information content (AvgIpc) is 2.51. The molecule has 4 nitrogen and oxygen atoms in total. The lowest BCUT2D eigenvalue weighted by Crippen LogP contribution is -2.53. The molecule has 1 amide bonds. The molecule has 0 heterocycles. The summed E-state index contributed by atoms with van der Waals surface area (Å²) < 4.78 is 5.51. The van der Waals surface area contributed by atoms with Crippen LogP contribution in [0.15, 0.2) is 0 Å². The Morgan fingerprint density at radius 3 is 2.86 bits per heavy atom. The molecule has 0 aromatic heterocycles. The monoisotopic (exact) mass is 200 g/mol. The second-order valence-electron chi connectivity index (χ2n) is 3.80. The molecule has 0 spiro atoms. The fourth-order valence-electron chi connectivity index (χ4n) is 2.19. The third-order valence-corrected chi connectivity index (χ3v) is 2.86. The second kappa shape index (κ2) is 4.75. The number of carbonyl (C=O) groups is 1. The fourth-order valence-corrected chi connectivity index (χ4v) is 2.19. The highest BCUT2D eigenvalue weighted by Crippen LogP contribution is 2.31. The third-order valence-electron chi connectivity index (χ3n) is 2.86. The Hall–Kier alpha value is -0.610. The molecule has 0 bridgehead atoms. The van der Waals surface area contributed by atoms with Crippen LogP contribution in [0.5, 0.6) is 0 Å². The number of nitrogens with one attached hydrogen (secondary N) is 1. The van der Waals surface area contributed by atoms with E-state index in [2.05, 4.69) is 5.32 Å². The molecule has 1 saturated carbocycles. The average molecular weight is 200 g/mol. The molecular formula is C10H20N2O2. The number of hydrogen-bond donors (Lipinski definition) is 2. The van der Waals surface area contributed by atoms with Gasteiger partial charge >= 0.3 is 0 Å². The van der Waals surface area contributed by atoms with Gasteiger partial charge in [0.05, 0.1) is 6.10 Å². The largest absolute Gasteiger partial charge is 0.378 e. The van der Waals surface area contributed by atoms with Crippen molar-refractivity contribution in [3.8, 4) is 0 Å². The van der Waals surface area contributed by atoms with Crippen LogP contribution in [0.2, 0.25) is 0 Å². The van der Waals surface area contributed by atoms with Crippen molar-refractivity contribution in [1.82, 2.24) is 5.32 Å². The molecule has 14 heavy (non-hydrogen) atoms. The Morgan fingerprint density at radius 2 is 2.36 bits per heavy atom. The molecule has 2 atom stereocenters. The van der Waals surface area contributed by atoms with Crippen molar-refractivity contribution in [3.05, 3.63) is 0 Å².